The van der Waals surface area contributed by atoms with E-state index in [1.54, 1.807) is 12.4 Å². The lowest BCUT2D eigenvalue weighted by Gasteiger charge is -2.12. The molecule has 3 aromatic heterocycles. The fraction of sp³-hybridized carbons (Fsp3) is 0.294. The van der Waals surface area contributed by atoms with Crippen LogP contribution in [0.2, 0.25) is 0 Å². The molecule has 8 heteroatoms. The van der Waals surface area contributed by atoms with E-state index in [9.17, 15) is 4.79 Å². The highest BCUT2D eigenvalue weighted by Crippen LogP contribution is 2.27. The van der Waals surface area contributed by atoms with Crippen molar-refractivity contribution in [3.63, 3.8) is 0 Å². The van der Waals surface area contributed by atoms with E-state index in [0.717, 1.165) is 47.5 Å². The number of H-pyrrole nitrogens is 2. The normalized spacial score (nSPS) is 13.5. The average molecular weight is 337 g/mol. The Hall–Kier alpha value is -3.00. The van der Waals surface area contributed by atoms with Crippen LogP contribution in [-0.4, -0.2) is 37.8 Å². The highest BCUT2D eigenvalue weighted by molar-refractivity contribution is 6.04. The summed E-state index contributed by atoms with van der Waals surface area (Å²) in [6.07, 6.45) is 5.06. The van der Waals surface area contributed by atoms with E-state index >= 15 is 0 Å². The van der Waals surface area contributed by atoms with E-state index in [0.29, 0.717) is 18.1 Å². The Bertz CT molecular complexity index is 897. The first-order valence-corrected chi connectivity index (χ1v) is 8.33. The molecule has 0 aliphatic carbocycles. The minimum Gasteiger partial charge on any atom is -0.312 e. The van der Waals surface area contributed by atoms with Crippen molar-refractivity contribution in [2.24, 2.45) is 0 Å². The highest BCUT2D eigenvalue weighted by atomic mass is 16.2. The molecule has 8 nitrogen and oxygen atoms in total. The number of hydrogen-bond donors (Lipinski definition) is 4. The van der Waals surface area contributed by atoms with Gasteiger partial charge in [0.2, 0.25) is 0 Å². The quantitative estimate of drug-likeness (QED) is 0.578. The first kappa shape index (κ1) is 15.5. The first-order chi connectivity index (χ1) is 12.3. The largest absolute Gasteiger partial charge is 0.312 e. The Kier molecular flexibility index (Phi) is 4.02. The van der Waals surface area contributed by atoms with Gasteiger partial charge in [-0.1, -0.05) is 6.92 Å². The van der Waals surface area contributed by atoms with Crippen molar-refractivity contribution in [3.8, 4) is 11.3 Å². The van der Waals surface area contributed by atoms with Crippen molar-refractivity contribution >= 4 is 11.7 Å². The molecule has 128 valence electrons. The van der Waals surface area contributed by atoms with E-state index in [1.807, 2.05) is 19.1 Å². The second kappa shape index (κ2) is 6.48. The molecule has 4 heterocycles. The fourth-order valence-electron chi connectivity index (χ4n) is 3.15. The number of nitrogens with zero attached hydrogens (tertiary/aromatic N) is 3. The van der Waals surface area contributed by atoms with Crippen LogP contribution in [0.5, 0.6) is 0 Å². The summed E-state index contributed by atoms with van der Waals surface area (Å²) in [5.41, 5.74) is 5.23. The van der Waals surface area contributed by atoms with Gasteiger partial charge in [0.15, 0.2) is 11.5 Å². The minimum absolute atomic E-state index is 0.247. The number of hydrogen-bond acceptors (Lipinski definition) is 5. The Balaban J connectivity index is 1.62. The van der Waals surface area contributed by atoms with Gasteiger partial charge in [-0.2, -0.15) is 10.2 Å². The molecule has 0 radical (unpaired) electrons. The van der Waals surface area contributed by atoms with Gasteiger partial charge in [-0.15, -0.1) is 0 Å². The van der Waals surface area contributed by atoms with E-state index in [2.05, 4.69) is 36.0 Å². The van der Waals surface area contributed by atoms with Crippen molar-refractivity contribution in [1.29, 1.82) is 0 Å². The molecule has 4 N–H and O–H groups in total. The Morgan fingerprint density at radius 1 is 1.24 bits per heavy atom. The Morgan fingerprint density at radius 2 is 2.08 bits per heavy atom. The van der Waals surface area contributed by atoms with E-state index in [-0.39, 0.29) is 5.91 Å². The molecule has 0 bridgehead atoms. The zero-order valence-corrected chi connectivity index (χ0v) is 13.9. The van der Waals surface area contributed by atoms with Gasteiger partial charge in [0.05, 0.1) is 5.69 Å². The van der Waals surface area contributed by atoms with Crippen LogP contribution in [0.3, 0.4) is 0 Å². The number of carbonyl (C=O) groups is 1. The standard InChI is InChI=1S/C17H19N7O/c1-2-11-14(10-3-6-18-7-4-10)22-24-16(11)20-17(25)15-12-9-19-8-5-13(12)21-23-15/h3-4,6-7,19H,2,5,8-9H2,1H3,(H,21,23)(H2,20,22,24,25). The second-order valence-electron chi connectivity index (χ2n) is 5.93. The molecule has 1 aliphatic heterocycles. The maximum Gasteiger partial charge on any atom is 0.277 e. The smallest absolute Gasteiger partial charge is 0.277 e. The third-order valence-corrected chi connectivity index (χ3v) is 4.44. The number of pyridine rings is 1. The number of anilines is 1. The average Bonchev–Trinajstić information content (AvgIpc) is 3.26. The van der Waals surface area contributed by atoms with Crippen LogP contribution in [0.4, 0.5) is 5.82 Å². The molecule has 4 rings (SSSR count). The third kappa shape index (κ3) is 2.80. The van der Waals surface area contributed by atoms with Crippen molar-refractivity contribution < 1.29 is 4.79 Å². The van der Waals surface area contributed by atoms with Gasteiger partial charge in [0.1, 0.15) is 0 Å². The molecule has 0 unspecified atom stereocenters. The molecular weight excluding hydrogens is 318 g/mol. The third-order valence-electron chi connectivity index (χ3n) is 4.44. The van der Waals surface area contributed by atoms with Gasteiger partial charge >= 0.3 is 0 Å². The summed E-state index contributed by atoms with van der Waals surface area (Å²) in [6.45, 7) is 3.58. The predicted octanol–water partition coefficient (Wildman–Crippen LogP) is 1.66. The lowest BCUT2D eigenvalue weighted by atomic mass is 10.1. The summed E-state index contributed by atoms with van der Waals surface area (Å²) < 4.78 is 0. The molecule has 3 aromatic rings. The van der Waals surface area contributed by atoms with Crippen LogP contribution in [-0.2, 0) is 19.4 Å². The molecular formula is C17H19N7O. The van der Waals surface area contributed by atoms with Crippen molar-refractivity contribution in [2.75, 3.05) is 11.9 Å². The highest BCUT2D eigenvalue weighted by Gasteiger charge is 2.23. The van der Waals surface area contributed by atoms with Gasteiger partial charge in [0.25, 0.3) is 5.91 Å². The van der Waals surface area contributed by atoms with Gasteiger partial charge in [0, 0.05) is 54.3 Å². The number of rotatable bonds is 4. The van der Waals surface area contributed by atoms with Crippen LogP contribution >= 0.6 is 0 Å². The van der Waals surface area contributed by atoms with Crippen LogP contribution in [0.15, 0.2) is 24.5 Å². The number of aromatic nitrogens is 5. The zero-order valence-electron chi connectivity index (χ0n) is 13.9. The number of aromatic amines is 2. The molecule has 0 spiro atoms. The lowest BCUT2D eigenvalue weighted by molar-refractivity contribution is 0.102. The van der Waals surface area contributed by atoms with Crippen molar-refractivity contribution in [2.45, 2.75) is 26.3 Å². The summed E-state index contributed by atoms with van der Waals surface area (Å²) in [7, 11) is 0. The van der Waals surface area contributed by atoms with E-state index in [4.69, 9.17) is 0 Å². The molecule has 1 aliphatic rings. The van der Waals surface area contributed by atoms with E-state index in [1.165, 1.54) is 0 Å². The van der Waals surface area contributed by atoms with E-state index < -0.39 is 0 Å². The zero-order chi connectivity index (χ0) is 17.2. The number of fused-ring (bicyclic) bond motifs is 1. The van der Waals surface area contributed by atoms with Gasteiger partial charge in [-0.25, -0.2) is 0 Å². The van der Waals surface area contributed by atoms with Gasteiger partial charge < -0.3 is 10.6 Å². The molecule has 1 amide bonds. The first-order valence-electron chi connectivity index (χ1n) is 8.33. The predicted molar refractivity (Wildman–Crippen MR) is 93.1 cm³/mol. The number of nitrogens with one attached hydrogen (secondary N) is 4. The van der Waals surface area contributed by atoms with Crippen molar-refractivity contribution in [1.82, 2.24) is 30.7 Å². The topological polar surface area (TPSA) is 111 Å². The van der Waals surface area contributed by atoms with Crippen LogP contribution < -0.4 is 10.6 Å². The van der Waals surface area contributed by atoms with Gasteiger partial charge in [-0.3, -0.25) is 20.0 Å². The number of amides is 1. The molecule has 25 heavy (non-hydrogen) atoms. The Labute approximate surface area is 144 Å². The number of carbonyl (C=O) groups excluding carboxylic acids is 1. The molecule has 0 fully saturated rings. The maximum atomic E-state index is 12.7. The molecule has 0 atom stereocenters. The maximum absolute atomic E-state index is 12.7. The SMILES string of the molecule is CCc1c(NC(=O)c2n[nH]c3c2CNCC3)n[nH]c1-c1ccncc1. The lowest BCUT2D eigenvalue weighted by Crippen LogP contribution is -2.25. The summed E-state index contributed by atoms with van der Waals surface area (Å²) in [4.78, 5) is 16.7. The minimum atomic E-state index is -0.247. The summed E-state index contributed by atoms with van der Waals surface area (Å²) in [5.74, 6) is 0.295. The van der Waals surface area contributed by atoms with Crippen LogP contribution in [0.25, 0.3) is 11.3 Å². The molecule has 0 saturated carbocycles. The monoisotopic (exact) mass is 337 g/mol. The molecule has 0 aromatic carbocycles. The van der Waals surface area contributed by atoms with Crippen molar-refractivity contribution in [3.05, 3.63) is 47.0 Å². The summed E-state index contributed by atoms with van der Waals surface area (Å²) in [6, 6.07) is 3.82. The Morgan fingerprint density at radius 3 is 2.88 bits per heavy atom. The summed E-state index contributed by atoms with van der Waals surface area (Å²) >= 11 is 0. The molecule has 0 saturated heterocycles. The van der Waals surface area contributed by atoms with Crippen LogP contribution in [0, 0.1) is 0 Å². The van der Waals surface area contributed by atoms with Gasteiger partial charge in [-0.05, 0) is 18.6 Å². The summed E-state index contributed by atoms with van der Waals surface area (Å²) in [5, 5.41) is 20.6. The second-order valence-corrected chi connectivity index (χ2v) is 5.93. The fourth-order valence-corrected chi connectivity index (χ4v) is 3.15. The van der Waals surface area contributed by atoms with Crippen LogP contribution in [0.1, 0.15) is 34.2 Å².